The number of halogens is 1. The number of benzene rings is 2. The molecule has 4 heteroatoms. The van der Waals surface area contributed by atoms with Gasteiger partial charge in [0.15, 0.2) is 0 Å². The molecule has 2 rings (SSSR count). The number of carbonyl (C=O) groups excluding carboxylic acids is 1. The molecule has 98 valence electrons. The van der Waals surface area contributed by atoms with E-state index < -0.39 is 0 Å². The molecule has 19 heavy (non-hydrogen) atoms. The summed E-state index contributed by atoms with van der Waals surface area (Å²) in [6.45, 7) is 0.872. The minimum absolute atomic E-state index is 0.0617. The van der Waals surface area contributed by atoms with Crippen molar-refractivity contribution in [3.63, 3.8) is 0 Å². The molecular weight excluding hydrogens is 260 g/mol. The van der Waals surface area contributed by atoms with E-state index in [2.05, 4.69) is 0 Å². The van der Waals surface area contributed by atoms with Crippen LogP contribution in [-0.4, -0.2) is 19.0 Å². The van der Waals surface area contributed by atoms with Gasteiger partial charge in [0.1, 0.15) is 0 Å². The molecule has 0 aliphatic carbocycles. The Kier molecular flexibility index (Phi) is 4.55. The largest absolute Gasteiger partial charge is 0.329 e. The lowest BCUT2D eigenvalue weighted by molar-refractivity contribution is 0.0987. The van der Waals surface area contributed by atoms with Gasteiger partial charge in [0.2, 0.25) is 0 Å². The molecule has 0 spiro atoms. The second-order valence-electron chi connectivity index (χ2n) is 4.09. The van der Waals surface area contributed by atoms with Crippen molar-refractivity contribution in [2.75, 3.05) is 18.0 Å². The van der Waals surface area contributed by atoms with Crippen molar-refractivity contribution in [3.8, 4) is 0 Å². The SMILES string of the molecule is NCCN(C(=O)c1ccccc1)c1ccc(Cl)cc1. The zero-order valence-electron chi connectivity index (χ0n) is 10.4. The van der Waals surface area contributed by atoms with Gasteiger partial charge in [-0.05, 0) is 36.4 Å². The van der Waals surface area contributed by atoms with Crippen LogP contribution in [0.5, 0.6) is 0 Å². The second-order valence-corrected chi connectivity index (χ2v) is 4.52. The standard InChI is InChI=1S/C15H15ClN2O/c16-13-6-8-14(9-7-13)18(11-10-17)15(19)12-4-2-1-3-5-12/h1-9H,10-11,17H2. The van der Waals surface area contributed by atoms with Crippen LogP contribution in [0.2, 0.25) is 5.02 Å². The Morgan fingerprint density at radius 2 is 1.68 bits per heavy atom. The number of rotatable bonds is 4. The Morgan fingerprint density at radius 3 is 2.26 bits per heavy atom. The Morgan fingerprint density at radius 1 is 1.05 bits per heavy atom. The molecule has 2 N–H and O–H groups in total. The van der Waals surface area contributed by atoms with Crippen LogP contribution in [0.4, 0.5) is 5.69 Å². The molecule has 1 amide bonds. The third-order valence-corrected chi connectivity index (χ3v) is 3.01. The quantitative estimate of drug-likeness (QED) is 0.932. The molecule has 0 saturated carbocycles. The highest BCUT2D eigenvalue weighted by molar-refractivity contribution is 6.30. The number of nitrogens with zero attached hydrogens (tertiary/aromatic N) is 1. The monoisotopic (exact) mass is 274 g/mol. The van der Waals surface area contributed by atoms with Crippen LogP contribution in [0, 0.1) is 0 Å². The van der Waals surface area contributed by atoms with Crippen molar-refractivity contribution in [2.45, 2.75) is 0 Å². The zero-order valence-corrected chi connectivity index (χ0v) is 11.2. The van der Waals surface area contributed by atoms with Gasteiger partial charge in [0.05, 0.1) is 0 Å². The van der Waals surface area contributed by atoms with Gasteiger partial charge in [-0.1, -0.05) is 29.8 Å². The zero-order chi connectivity index (χ0) is 13.7. The number of hydrogen-bond acceptors (Lipinski definition) is 2. The van der Waals surface area contributed by atoms with Crippen molar-refractivity contribution in [1.82, 2.24) is 0 Å². The lowest BCUT2D eigenvalue weighted by Gasteiger charge is -2.22. The first-order valence-corrected chi connectivity index (χ1v) is 6.42. The maximum absolute atomic E-state index is 12.5. The molecule has 0 aliphatic heterocycles. The predicted molar refractivity (Wildman–Crippen MR) is 78.6 cm³/mol. The van der Waals surface area contributed by atoms with Crippen molar-refractivity contribution in [2.24, 2.45) is 5.73 Å². The average molecular weight is 275 g/mol. The van der Waals surface area contributed by atoms with E-state index in [4.69, 9.17) is 17.3 Å². The minimum Gasteiger partial charge on any atom is -0.329 e. The highest BCUT2D eigenvalue weighted by Crippen LogP contribution is 2.19. The molecule has 0 unspecified atom stereocenters. The van der Waals surface area contributed by atoms with Gasteiger partial charge in [-0.25, -0.2) is 0 Å². The fraction of sp³-hybridized carbons (Fsp3) is 0.133. The smallest absolute Gasteiger partial charge is 0.258 e. The van der Waals surface area contributed by atoms with Gasteiger partial charge in [0, 0.05) is 29.4 Å². The van der Waals surface area contributed by atoms with Crippen LogP contribution in [0.1, 0.15) is 10.4 Å². The summed E-state index contributed by atoms with van der Waals surface area (Å²) < 4.78 is 0. The van der Waals surface area contributed by atoms with Gasteiger partial charge >= 0.3 is 0 Å². The van der Waals surface area contributed by atoms with Crippen LogP contribution in [0.25, 0.3) is 0 Å². The summed E-state index contributed by atoms with van der Waals surface area (Å²) in [7, 11) is 0. The third kappa shape index (κ3) is 3.34. The van der Waals surface area contributed by atoms with Gasteiger partial charge < -0.3 is 10.6 Å². The number of anilines is 1. The fourth-order valence-electron chi connectivity index (χ4n) is 1.83. The number of hydrogen-bond donors (Lipinski definition) is 1. The highest BCUT2D eigenvalue weighted by Gasteiger charge is 2.16. The van der Waals surface area contributed by atoms with E-state index in [1.807, 2.05) is 30.3 Å². The average Bonchev–Trinajstić information content (AvgIpc) is 2.46. The van der Waals surface area contributed by atoms with Crippen LogP contribution in [-0.2, 0) is 0 Å². The summed E-state index contributed by atoms with van der Waals surface area (Å²) in [6.07, 6.45) is 0. The van der Waals surface area contributed by atoms with Crippen LogP contribution in [0.15, 0.2) is 54.6 Å². The molecule has 0 radical (unpaired) electrons. The van der Waals surface area contributed by atoms with E-state index in [1.54, 1.807) is 29.2 Å². The lowest BCUT2D eigenvalue weighted by Crippen LogP contribution is -2.35. The molecule has 2 aromatic carbocycles. The van der Waals surface area contributed by atoms with E-state index in [1.165, 1.54) is 0 Å². The van der Waals surface area contributed by atoms with Gasteiger partial charge in [0.25, 0.3) is 5.91 Å². The summed E-state index contributed by atoms with van der Waals surface area (Å²) >= 11 is 5.86. The van der Waals surface area contributed by atoms with Gasteiger partial charge in [-0.3, -0.25) is 4.79 Å². The summed E-state index contributed by atoms with van der Waals surface area (Å²) in [6, 6.07) is 16.3. The third-order valence-electron chi connectivity index (χ3n) is 2.76. The van der Waals surface area contributed by atoms with E-state index in [9.17, 15) is 4.79 Å². The fourth-order valence-corrected chi connectivity index (χ4v) is 1.96. The van der Waals surface area contributed by atoms with E-state index in [-0.39, 0.29) is 5.91 Å². The van der Waals surface area contributed by atoms with Crippen LogP contribution in [0.3, 0.4) is 0 Å². The molecular formula is C15H15ClN2O. The maximum atomic E-state index is 12.5. The normalized spacial score (nSPS) is 10.2. The molecule has 0 atom stereocenters. The van der Waals surface area contributed by atoms with E-state index in [0.717, 1.165) is 5.69 Å². The molecule has 0 saturated heterocycles. The highest BCUT2D eigenvalue weighted by atomic mass is 35.5. The van der Waals surface area contributed by atoms with Crippen LogP contribution < -0.4 is 10.6 Å². The molecule has 0 aliphatic rings. The van der Waals surface area contributed by atoms with E-state index in [0.29, 0.717) is 23.7 Å². The van der Waals surface area contributed by atoms with Crippen molar-refractivity contribution < 1.29 is 4.79 Å². The molecule has 0 bridgehead atoms. The first-order valence-electron chi connectivity index (χ1n) is 6.05. The molecule has 0 aromatic heterocycles. The number of amides is 1. The molecule has 0 heterocycles. The molecule has 3 nitrogen and oxygen atoms in total. The van der Waals surface area contributed by atoms with Crippen molar-refractivity contribution >= 4 is 23.2 Å². The van der Waals surface area contributed by atoms with Crippen LogP contribution >= 0.6 is 11.6 Å². The Balaban J connectivity index is 2.30. The lowest BCUT2D eigenvalue weighted by atomic mass is 10.2. The Bertz CT molecular complexity index is 540. The Hall–Kier alpha value is -1.84. The molecule has 0 fully saturated rings. The minimum atomic E-state index is -0.0617. The second kappa shape index (κ2) is 6.36. The summed E-state index contributed by atoms with van der Waals surface area (Å²) in [4.78, 5) is 14.1. The first-order chi connectivity index (χ1) is 9.22. The Labute approximate surface area is 117 Å². The van der Waals surface area contributed by atoms with Crippen molar-refractivity contribution in [3.05, 3.63) is 65.2 Å². The van der Waals surface area contributed by atoms with Crippen molar-refractivity contribution in [1.29, 1.82) is 0 Å². The van der Waals surface area contributed by atoms with Gasteiger partial charge in [-0.2, -0.15) is 0 Å². The van der Waals surface area contributed by atoms with Gasteiger partial charge in [-0.15, -0.1) is 0 Å². The summed E-state index contributed by atoms with van der Waals surface area (Å²) in [5.41, 5.74) is 7.03. The molecule has 2 aromatic rings. The topological polar surface area (TPSA) is 46.3 Å². The number of carbonyl (C=O) groups is 1. The van der Waals surface area contributed by atoms with E-state index >= 15 is 0 Å². The summed E-state index contributed by atoms with van der Waals surface area (Å²) in [5.74, 6) is -0.0617. The first kappa shape index (κ1) is 13.6. The number of nitrogens with two attached hydrogens (primary N) is 1. The maximum Gasteiger partial charge on any atom is 0.258 e. The predicted octanol–water partition coefficient (Wildman–Crippen LogP) is 2.95. The summed E-state index contributed by atoms with van der Waals surface area (Å²) in [5, 5.41) is 0.642.